The molecule has 136 valence electrons. The summed E-state index contributed by atoms with van der Waals surface area (Å²) in [4.78, 5) is 7.03. The second-order valence-corrected chi connectivity index (χ2v) is 6.90. The molecule has 6 heteroatoms. The molecule has 0 amide bonds. The van der Waals surface area contributed by atoms with Crippen molar-refractivity contribution in [2.24, 2.45) is 0 Å². The number of anilines is 1. The van der Waals surface area contributed by atoms with E-state index in [-0.39, 0.29) is 6.61 Å². The lowest BCUT2D eigenvalue weighted by Gasteiger charge is -2.36. The Morgan fingerprint density at radius 2 is 2.16 bits per heavy atom. The first kappa shape index (κ1) is 17.9. The molecule has 0 aromatic carbocycles. The first-order valence-corrected chi connectivity index (χ1v) is 9.22. The van der Waals surface area contributed by atoms with Crippen LogP contribution < -0.4 is 10.2 Å². The minimum absolute atomic E-state index is 0.246. The van der Waals surface area contributed by atoms with Crippen LogP contribution >= 0.6 is 0 Å². The van der Waals surface area contributed by atoms with E-state index in [9.17, 15) is 5.11 Å². The number of hydrogen-bond donors (Lipinski definition) is 3. The summed E-state index contributed by atoms with van der Waals surface area (Å²) in [5.74, 6) is 1.03. The Morgan fingerprint density at radius 3 is 2.84 bits per heavy atom. The monoisotopic (exact) mass is 343 g/mol. The zero-order chi connectivity index (χ0) is 17.6. The van der Waals surface area contributed by atoms with Crippen LogP contribution in [0.2, 0.25) is 0 Å². The molecule has 2 aromatic heterocycles. The quantitative estimate of drug-likeness (QED) is 0.720. The van der Waals surface area contributed by atoms with Crippen LogP contribution in [0.5, 0.6) is 0 Å². The fourth-order valence-electron chi connectivity index (χ4n) is 3.61. The number of aromatic amines is 1. The third-order valence-electron chi connectivity index (χ3n) is 5.10. The molecule has 1 saturated heterocycles. The van der Waals surface area contributed by atoms with Gasteiger partial charge in [0.25, 0.3) is 0 Å². The summed E-state index contributed by atoms with van der Waals surface area (Å²) in [5, 5.41) is 20.0. The van der Waals surface area contributed by atoms with Crippen LogP contribution in [0.1, 0.15) is 48.2 Å². The summed E-state index contributed by atoms with van der Waals surface area (Å²) in [5.41, 5.74) is 4.60. The molecule has 3 heterocycles. The molecule has 0 radical (unpaired) electrons. The lowest BCUT2D eigenvalue weighted by Crippen LogP contribution is -2.40. The zero-order valence-electron chi connectivity index (χ0n) is 15.3. The molecule has 0 aliphatic carbocycles. The maximum atomic E-state index is 9.28. The smallest absolute Gasteiger partial charge is 0.128 e. The van der Waals surface area contributed by atoms with Crippen LogP contribution in [0.25, 0.3) is 0 Å². The van der Waals surface area contributed by atoms with E-state index in [0.717, 1.165) is 49.7 Å². The Morgan fingerprint density at radius 1 is 1.28 bits per heavy atom. The molecule has 1 aliphatic rings. The van der Waals surface area contributed by atoms with E-state index in [0.29, 0.717) is 6.04 Å². The molecular formula is C19H29N5O. The van der Waals surface area contributed by atoms with Gasteiger partial charge in [-0.3, -0.25) is 5.10 Å². The van der Waals surface area contributed by atoms with Crippen molar-refractivity contribution in [3.63, 3.8) is 0 Å². The van der Waals surface area contributed by atoms with Crippen LogP contribution in [0.3, 0.4) is 0 Å². The van der Waals surface area contributed by atoms with E-state index in [1.165, 1.54) is 24.0 Å². The molecule has 0 bridgehead atoms. The van der Waals surface area contributed by atoms with Gasteiger partial charge >= 0.3 is 0 Å². The van der Waals surface area contributed by atoms with E-state index in [1.807, 2.05) is 13.1 Å². The number of nitrogens with one attached hydrogen (secondary N) is 2. The molecule has 6 nitrogen and oxygen atoms in total. The average Bonchev–Trinajstić information content (AvgIpc) is 2.95. The topological polar surface area (TPSA) is 77.1 Å². The van der Waals surface area contributed by atoms with Crippen molar-refractivity contribution in [2.75, 3.05) is 18.1 Å². The Bertz CT molecular complexity index is 645. The number of aliphatic hydroxyl groups excluding tert-OH is 1. The van der Waals surface area contributed by atoms with Gasteiger partial charge in [0.2, 0.25) is 0 Å². The molecule has 0 unspecified atom stereocenters. The fraction of sp³-hybridized carbons (Fsp3) is 0.579. The molecule has 25 heavy (non-hydrogen) atoms. The minimum atomic E-state index is 0.246. The Hall–Kier alpha value is -1.92. The Kier molecular flexibility index (Phi) is 6.04. The number of aryl methyl sites for hydroxylation is 2. The highest BCUT2D eigenvalue weighted by Gasteiger charge is 2.22. The summed E-state index contributed by atoms with van der Waals surface area (Å²) >= 11 is 0. The second-order valence-electron chi connectivity index (χ2n) is 6.90. The molecule has 1 fully saturated rings. The van der Waals surface area contributed by atoms with Gasteiger partial charge in [-0.2, -0.15) is 5.10 Å². The third-order valence-corrected chi connectivity index (χ3v) is 5.10. The number of aliphatic hydroxyl groups is 1. The van der Waals surface area contributed by atoms with Crippen molar-refractivity contribution < 1.29 is 5.11 Å². The number of aromatic nitrogens is 3. The van der Waals surface area contributed by atoms with E-state index in [2.05, 4.69) is 44.5 Å². The van der Waals surface area contributed by atoms with Crippen LogP contribution in [0, 0.1) is 13.8 Å². The summed E-state index contributed by atoms with van der Waals surface area (Å²) < 4.78 is 0. The van der Waals surface area contributed by atoms with E-state index >= 15 is 0 Å². The van der Waals surface area contributed by atoms with E-state index in [4.69, 9.17) is 0 Å². The summed E-state index contributed by atoms with van der Waals surface area (Å²) in [7, 11) is 0. The average molecular weight is 343 g/mol. The van der Waals surface area contributed by atoms with Gasteiger partial charge < -0.3 is 15.3 Å². The largest absolute Gasteiger partial charge is 0.396 e. The summed E-state index contributed by atoms with van der Waals surface area (Å²) in [6, 6.07) is 4.68. The third kappa shape index (κ3) is 4.38. The maximum absolute atomic E-state index is 9.28. The predicted molar refractivity (Wildman–Crippen MR) is 99.5 cm³/mol. The van der Waals surface area contributed by atoms with Gasteiger partial charge in [0, 0.05) is 49.7 Å². The zero-order valence-corrected chi connectivity index (χ0v) is 15.3. The summed E-state index contributed by atoms with van der Waals surface area (Å²) in [6.45, 7) is 6.95. The lowest BCUT2D eigenvalue weighted by molar-refractivity contribution is 0.262. The van der Waals surface area contributed by atoms with Gasteiger partial charge in [-0.25, -0.2) is 4.98 Å². The van der Waals surface area contributed by atoms with Gasteiger partial charge in [-0.1, -0.05) is 6.07 Å². The van der Waals surface area contributed by atoms with Crippen LogP contribution in [-0.4, -0.2) is 39.5 Å². The molecular weight excluding hydrogens is 314 g/mol. The maximum Gasteiger partial charge on any atom is 0.128 e. The predicted octanol–water partition coefficient (Wildman–Crippen LogP) is 2.45. The van der Waals surface area contributed by atoms with Crippen molar-refractivity contribution in [3.05, 3.63) is 40.8 Å². The number of pyridine rings is 1. The number of H-pyrrole nitrogens is 1. The molecule has 1 atom stereocenters. The highest BCUT2D eigenvalue weighted by Crippen LogP contribution is 2.25. The Labute approximate surface area is 149 Å². The van der Waals surface area contributed by atoms with Crippen LogP contribution in [0.4, 0.5) is 5.82 Å². The van der Waals surface area contributed by atoms with Gasteiger partial charge in [-0.15, -0.1) is 0 Å². The van der Waals surface area contributed by atoms with Gasteiger partial charge in [0.15, 0.2) is 0 Å². The molecule has 1 aliphatic heterocycles. The number of hydrogen-bond acceptors (Lipinski definition) is 5. The standard InChI is InChI=1S/C19H29N5O/c1-14-18(15(2)23-22-14)13-20-11-16-6-7-19(21-12-16)24-9-4-3-5-17(24)8-10-25/h6-7,12,17,20,25H,3-5,8-11,13H2,1-2H3,(H,22,23)/t17-/m0/s1. The van der Waals surface area contributed by atoms with Crippen LogP contribution in [-0.2, 0) is 13.1 Å². The highest BCUT2D eigenvalue weighted by molar-refractivity contribution is 5.41. The normalized spacial score (nSPS) is 17.9. The SMILES string of the molecule is Cc1n[nH]c(C)c1CNCc1ccc(N2CCCC[C@H]2CCO)nc1. The molecule has 3 N–H and O–H groups in total. The number of rotatable bonds is 7. The molecule has 2 aromatic rings. The van der Waals surface area contributed by atoms with Gasteiger partial charge in [-0.05, 0) is 51.2 Å². The first-order chi connectivity index (χ1) is 12.2. The van der Waals surface area contributed by atoms with Crippen molar-refractivity contribution in [3.8, 4) is 0 Å². The van der Waals surface area contributed by atoms with E-state index in [1.54, 1.807) is 0 Å². The highest BCUT2D eigenvalue weighted by atomic mass is 16.3. The fourth-order valence-corrected chi connectivity index (χ4v) is 3.61. The van der Waals surface area contributed by atoms with E-state index < -0.39 is 0 Å². The number of piperidine rings is 1. The van der Waals surface area contributed by atoms with Crippen LogP contribution in [0.15, 0.2) is 18.3 Å². The van der Waals surface area contributed by atoms with Gasteiger partial charge in [0.05, 0.1) is 5.69 Å². The van der Waals surface area contributed by atoms with Gasteiger partial charge in [0.1, 0.15) is 5.82 Å². The molecule has 3 rings (SSSR count). The first-order valence-electron chi connectivity index (χ1n) is 9.22. The van der Waals surface area contributed by atoms with Crippen molar-refractivity contribution in [2.45, 2.75) is 58.7 Å². The molecule has 0 saturated carbocycles. The lowest BCUT2D eigenvalue weighted by atomic mass is 9.99. The van der Waals surface area contributed by atoms with Crippen molar-refractivity contribution in [1.82, 2.24) is 20.5 Å². The Balaban J connectivity index is 1.56. The minimum Gasteiger partial charge on any atom is -0.396 e. The number of nitrogens with zero attached hydrogens (tertiary/aromatic N) is 3. The molecule has 0 spiro atoms. The van der Waals surface area contributed by atoms with Crippen molar-refractivity contribution in [1.29, 1.82) is 0 Å². The van der Waals surface area contributed by atoms with Crippen molar-refractivity contribution >= 4 is 5.82 Å². The second kappa shape index (κ2) is 8.45. The summed E-state index contributed by atoms with van der Waals surface area (Å²) in [6.07, 6.45) is 6.39.